The molecule has 2 N–H and O–H groups in total. The Balaban J connectivity index is 1.85. The number of hydrogen-bond acceptors (Lipinski definition) is 2. The van der Waals surface area contributed by atoms with Crippen molar-refractivity contribution in [3.8, 4) is 0 Å². The van der Waals surface area contributed by atoms with Crippen LogP contribution in [0.2, 0.25) is 0 Å². The van der Waals surface area contributed by atoms with Crippen LogP contribution in [-0.2, 0) is 0 Å². The van der Waals surface area contributed by atoms with Crippen molar-refractivity contribution in [3.05, 3.63) is 23.8 Å². The molecule has 128 valence electrons. The molecule has 0 amide bonds. The number of hydrogen-bond donors (Lipinski definition) is 2. The summed E-state index contributed by atoms with van der Waals surface area (Å²) >= 11 is 0. The molecule has 0 aromatic rings. The molecule has 0 unspecified atom stereocenters. The van der Waals surface area contributed by atoms with Crippen molar-refractivity contribution in [2.75, 3.05) is 0 Å². The van der Waals surface area contributed by atoms with E-state index in [2.05, 4.69) is 25.2 Å². The highest BCUT2D eigenvalue weighted by Gasteiger charge is 2.71. The molecule has 0 aromatic carbocycles. The minimum atomic E-state index is -1.58. The van der Waals surface area contributed by atoms with Crippen molar-refractivity contribution >= 4 is 0 Å². The highest BCUT2D eigenvalue weighted by atomic mass is 19.1. The number of aliphatic hydroxyl groups is 2. The second-order valence-electron chi connectivity index (χ2n) is 9.10. The monoisotopic (exact) mass is 320 g/mol. The molecular formula is C20H29FO2. The maximum absolute atomic E-state index is 16.6. The first-order valence-electron chi connectivity index (χ1n) is 9.13. The van der Waals surface area contributed by atoms with Gasteiger partial charge in [-0.2, -0.15) is 0 Å². The first-order valence-corrected chi connectivity index (χ1v) is 9.13. The maximum atomic E-state index is 16.6. The number of rotatable bonds is 0. The minimum Gasteiger partial charge on any atom is -0.390 e. The Labute approximate surface area is 138 Å². The van der Waals surface area contributed by atoms with Gasteiger partial charge in [0.25, 0.3) is 0 Å². The van der Waals surface area contributed by atoms with Gasteiger partial charge in [-0.1, -0.05) is 32.1 Å². The summed E-state index contributed by atoms with van der Waals surface area (Å²) in [4.78, 5) is 0. The topological polar surface area (TPSA) is 40.5 Å². The standard InChI is InChI=1S/C20H29FO2/c1-17-10-5-4-6-13(17)7-8-15-14-9-11-19(3,23)18(14,2)12-16(22)20(15,17)21/h4,6-7,14-16,22-23H,5,8-12H2,1-3H3/t14-,15-,16-,17-,18-,19-,20-/m0/s1. The van der Waals surface area contributed by atoms with E-state index in [1.807, 2.05) is 13.8 Å². The van der Waals surface area contributed by atoms with E-state index < -0.39 is 22.8 Å². The lowest BCUT2D eigenvalue weighted by atomic mass is 9.45. The highest BCUT2D eigenvalue weighted by Crippen LogP contribution is 2.69. The first-order chi connectivity index (χ1) is 10.7. The molecule has 0 aliphatic heterocycles. The number of allylic oxidation sites excluding steroid dienone is 4. The molecule has 0 bridgehead atoms. The summed E-state index contributed by atoms with van der Waals surface area (Å²) in [5.41, 5.74) is -2.31. The zero-order valence-electron chi connectivity index (χ0n) is 14.5. The lowest BCUT2D eigenvalue weighted by Gasteiger charge is -2.62. The van der Waals surface area contributed by atoms with Gasteiger partial charge in [0.15, 0.2) is 0 Å². The van der Waals surface area contributed by atoms with E-state index in [0.717, 1.165) is 24.8 Å². The average molecular weight is 320 g/mol. The van der Waals surface area contributed by atoms with Crippen molar-refractivity contribution in [3.63, 3.8) is 0 Å². The lowest BCUT2D eigenvalue weighted by molar-refractivity contribution is -0.217. The number of alkyl halides is 1. The van der Waals surface area contributed by atoms with E-state index in [-0.39, 0.29) is 17.3 Å². The van der Waals surface area contributed by atoms with Crippen LogP contribution in [0, 0.1) is 22.7 Å². The summed E-state index contributed by atoms with van der Waals surface area (Å²) in [6.07, 6.45) is 9.63. The van der Waals surface area contributed by atoms with Crippen molar-refractivity contribution in [2.45, 2.75) is 76.7 Å². The third kappa shape index (κ3) is 1.66. The second kappa shape index (κ2) is 4.49. The molecule has 2 nitrogen and oxygen atoms in total. The van der Waals surface area contributed by atoms with E-state index in [1.165, 1.54) is 0 Å². The Bertz CT molecular complexity index is 594. The highest BCUT2D eigenvalue weighted by molar-refractivity contribution is 5.39. The maximum Gasteiger partial charge on any atom is 0.149 e. The second-order valence-corrected chi connectivity index (χ2v) is 9.10. The number of aliphatic hydroxyl groups excluding tert-OH is 1. The minimum absolute atomic E-state index is 0.145. The predicted molar refractivity (Wildman–Crippen MR) is 88.6 cm³/mol. The SMILES string of the molecule is C[C@]1(O)CC[C@H]2[C@@H]3CC=C4C=CCC[C@]4(C)[C@@]3(F)[C@@H](O)C[C@@]21C. The van der Waals surface area contributed by atoms with Crippen LogP contribution in [0.3, 0.4) is 0 Å². The van der Waals surface area contributed by atoms with Crippen LogP contribution in [0.5, 0.6) is 0 Å². The Morgan fingerprint density at radius 3 is 2.65 bits per heavy atom. The number of halogens is 1. The molecule has 0 radical (unpaired) electrons. The van der Waals surface area contributed by atoms with Crippen LogP contribution < -0.4 is 0 Å². The zero-order valence-corrected chi connectivity index (χ0v) is 14.5. The van der Waals surface area contributed by atoms with Gasteiger partial charge in [0.1, 0.15) is 5.67 Å². The van der Waals surface area contributed by atoms with Crippen LogP contribution >= 0.6 is 0 Å². The van der Waals surface area contributed by atoms with Crippen molar-refractivity contribution in [1.82, 2.24) is 0 Å². The largest absolute Gasteiger partial charge is 0.390 e. The van der Waals surface area contributed by atoms with Crippen LogP contribution in [0.15, 0.2) is 23.8 Å². The molecule has 0 saturated heterocycles. The van der Waals surface area contributed by atoms with Gasteiger partial charge in [-0.15, -0.1) is 0 Å². The van der Waals surface area contributed by atoms with Gasteiger partial charge in [-0.25, -0.2) is 4.39 Å². The van der Waals surface area contributed by atoms with Gasteiger partial charge in [0.2, 0.25) is 0 Å². The Morgan fingerprint density at radius 2 is 1.91 bits per heavy atom. The molecule has 23 heavy (non-hydrogen) atoms. The molecule has 0 heterocycles. The van der Waals surface area contributed by atoms with E-state index in [1.54, 1.807) is 0 Å². The summed E-state index contributed by atoms with van der Waals surface area (Å²) in [5.74, 6) is -0.0445. The molecule has 0 aromatic heterocycles. The fourth-order valence-corrected chi connectivity index (χ4v) is 6.53. The van der Waals surface area contributed by atoms with Gasteiger partial charge in [0, 0.05) is 16.7 Å². The van der Waals surface area contributed by atoms with Crippen LogP contribution in [0.1, 0.15) is 59.3 Å². The van der Waals surface area contributed by atoms with E-state index >= 15 is 4.39 Å². The molecule has 4 aliphatic rings. The van der Waals surface area contributed by atoms with Crippen molar-refractivity contribution in [2.24, 2.45) is 22.7 Å². The predicted octanol–water partition coefficient (Wildman–Crippen LogP) is 3.93. The first kappa shape index (κ1) is 15.8. The summed E-state index contributed by atoms with van der Waals surface area (Å²) in [6.45, 7) is 5.95. The molecule has 2 saturated carbocycles. The fourth-order valence-electron chi connectivity index (χ4n) is 6.53. The molecular weight excluding hydrogens is 291 g/mol. The molecule has 3 heteroatoms. The average Bonchev–Trinajstić information content (AvgIpc) is 2.71. The zero-order chi connectivity index (χ0) is 16.7. The molecule has 0 spiro atoms. The van der Waals surface area contributed by atoms with Crippen LogP contribution in [0.4, 0.5) is 4.39 Å². The van der Waals surface area contributed by atoms with Crippen molar-refractivity contribution in [1.29, 1.82) is 0 Å². The fraction of sp³-hybridized carbons (Fsp3) is 0.800. The van der Waals surface area contributed by atoms with Crippen LogP contribution in [-0.4, -0.2) is 27.6 Å². The van der Waals surface area contributed by atoms with Gasteiger partial charge in [-0.05, 0) is 56.9 Å². The van der Waals surface area contributed by atoms with Gasteiger partial charge < -0.3 is 10.2 Å². The third-order valence-electron chi connectivity index (χ3n) is 8.30. The van der Waals surface area contributed by atoms with Crippen molar-refractivity contribution < 1.29 is 14.6 Å². The normalized spacial score (nSPS) is 58.2. The Hall–Kier alpha value is -0.670. The Morgan fingerprint density at radius 1 is 1.17 bits per heavy atom. The molecule has 7 atom stereocenters. The van der Waals surface area contributed by atoms with E-state index in [9.17, 15) is 10.2 Å². The molecule has 4 rings (SSSR count). The van der Waals surface area contributed by atoms with Crippen LogP contribution in [0.25, 0.3) is 0 Å². The molecule has 4 aliphatic carbocycles. The van der Waals surface area contributed by atoms with Gasteiger partial charge >= 0.3 is 0 Å². The van der Waals surface area contributed by atoms with E-state index in [4.69, 9.17) is 0 Å². The summed E-state index contributed by atoms with van der Waals surface area (Å²) < 4.78 is 16.6. The third-order valence-corrected chi connectivity index (χ3v) is 8.30. The molecule has 2 fully saturated rings. The lowest BCUT2D eigenvalue weighted by Crippen LogP contribution is -2.67. The van der Waals surface area contributed by atoms with Gasteiger partial charge in [0.05, 0.1) is 11.7 Å². The summed E-state index contributed by atoms with van der Waals surface area (Å²) in [6, 6.07) is 0. The summed E-state index contributed by atoms with van der Waals surface area (Å²) in [7, 11) is 0. The smallest absolute Gasteiger partial charge is 0.149 e. The Kier molecular flexibility index (Phi) is 3.09. The quantitative estimate of drug-likeness (QED) is 0.710. The van der Waals surface area contributed by atoms with E-state index in [0.29, 0.717) is 19.3 Å². The summed E-state index contributed by atoms with van der Waals surface area (Å²) in [5, 5.41) is 21.9. The number of fused-ring (bicyclic) bond motifs is 5. The van der Waals surface area contributed by atoms with Gasteiger partial charge in [-0.3, -0.25) is 0 Å².